The highest BCUT2D eigenvalue weighted by atomic mass is 15.2. The summed E-state index contributed by atoms with van der Waals surface area (Å²) < 4.78 is 0. The summed E-state index contributed by atoms with van der Waals surface area (Å²) >= 11 is 0. The van der Waals surface area contributed by atoms with Crippen LogP contribution in [0.2, 0.25) is 0 Å². The second kappa shape index (κ2) is 8.43. The van der Waals surface area contributed by atoms with E-state index >= 15 is 0 Å². The van der Waals surface area contributed by atoms with Gasteiger partial charge in [-0.05, 0) is 51.3 Å². The predicted octanol–water partition coefficient (Wildman–Crippen LogP) is 4.20. The first-order valence-electron chi connectivity index (χ1n) is 8.06. The fourth-order valence-electron chi connectivity index (χ4n) is 2.62. The van der Waals surface area contributed by atoms with Crippen LogP contribution in [-0.4, -0.2) is 24.0 Å². The number of hydrogen-bond donors (Lipinski definition) is 1. The Kier molecular flexibility index (Phi) is 7.25. The van der Waals surface area contributed by atoms with Gasteiger partial charge in [-0.2, -0.15) is 0 Å². The van der Waals surface area contributed by atoms with Crippen molar-refractivity contribution in [3.63, 3.8) is 0 Å². The highest BCUT2D eigenvalue weighted by Gasteiger charge is 2.17. The van der Waals surface area contributed by atoms with E-state index in [-0.39, 0.29) is 6.04 Å². The molecule has 0 heterocycles. The Morgan fingerprint density at radius 3 is 2.50 bits per heavy atom. The maximum atomic E-state index is 6.49. The minimum absolute atomic E-state index is 0.112. The fourth-order valence-corrected chi connectivity index (χ4v) is 2.62. The molecule has 20 heavy (non-hydrogen) atoms. The molecular weight excluding hydrogens is 244 g/mol. The van der Waals surface area contributed by atoms with E-state index in [0.717, 1.165) is 13.1 Å². The summed E-state index contributed by atoms with van der Waals surface area (Å²) in [5.74, 6) is 0. The highest BCUT2D eigenvalue weighted by Crippen LogP contribution is 2.20. The Bertz CT molecular complexity index is 400. The van der Waals surface area contributed by atoms with Gasteiger partial charge in [-0.3, -0.25) is 4.90 Å². The molecule has 0 fully saturated rings. The van der Waals surface area contributed by atoms with Crippen molar-refractivity contribution in [3.8, 4) is 0 Å². The first kappa shape index (κ1) is 17.2. The first-order valence-corrected chi connectivity index (χ1v) is 8.06. The normalized spacial score (nSPS) is 14.6. The Morgan fingerprint density at radius 2 is 1.90 bits per heavy atom. The fraction of sp³-hybridized carbons (Fsp3) is 0.667. The molecule has 1 rings (SSSR count). The van der Waals surface area contributed by atoms with Crippen molar-refractivity contribution in [2.75, 3.05) is 13.1 Å². The van der Waals surface area contributed by atoms with Gasteiger partial charge in [0.2, 0.25) is 0 Å². The lowest BCUT2D eigenvalue weighted by atomic mass is 9.98. The molecule has 0 bridgehead atoms. The molecule has 1 aromatic rings. The average molecular weight is 276 g/mol. The quantitative estimate of drug-likeness (QED) is 0.771. The summed E-state index contributed by atoms with van der Waals surface area (Å²) in [4.78, 5) is 2.55. The number of rotatable bonds is 8. The van der Waals surface area contributed by atoms with Crippen LogP contribution in [0.4, 0.5) is 0 Å². The minimum atomic E-state index is 0.112. The van der Waals surface area contributed by atoms with E-state index in [2.05, 4.69) is 57.7 Å². The zero-order valence-corrected chi connectivity index (χ0v) is 13.9. The van der Waals surface area contributed by atoms with Crippen LogP contribution in [0.3, 0.4) is 0 Å². The van der Waals surface area contributed by atoms with Crippen LogP contribution in [0.5, 0.6) is 0 Å². The first-order chi connectivity index (χ1) is 9.49. The average Bonchev–Trinajstić information content (AvgIpc) is 2.44. The van der Waals surface area contributed by atoms with Crippen molar-refractivity contribution in [2.24, 2.45) is 5.73 Å². The monoisotopic (exact) mass is 276 g/mol. The Morgan fingerprint density at radius 1 is 1.20 bits per heavy atom. The Hall–Kier alpha value is -0.860. The third-order valence-electron chi connectivity index (χ3n) is 4.28. The molecule has 0 radical (unpaired) electrons. The van der Waals surface area contributed by atoms with E-state index in [1.54, 1.807) is 0 Å². The molecule has 1 aromatic carbocycles. The maximum Gasteiger partial charge on any atom is 0.0427 e. The molecule has 2 nitrogen and oxygen atoms in total. The smallest absolute Gasteiger partial charge is 0.0427 e. The second-order valence-corrected chi connectivity index (χ2v) is 6.07. The summed E-state index contributed by atoms with van der Waals surface area (Å²) in [7, 11) is 0. The van der Waals surface area contributed by atoms with Crippen molar-refractivity contribution in [1.82, 2.24) is 4.90 Å². The van der Waals surface area contributed by atoms with Crippen molar-refractivity contribution < 1.29 is 0 Å². The lowest BCUT2D eigenvalue weighted by molar-refractivity contribution is 0.189. The molecule has 0 aromatic heterocycles. The standard InChI is InChI=1S/C18H32N2/c1-6-8-11-20(16(5)7-2)13-18(19)17-12-14(3)9-10-15(17)4/h9-10,12,16,18H,6-8,11,13,19H2,1-5H3. The molecule has 0 aliphatic carbocycles. The van der Waals surface area contributed by atoms with E-state index in [9.17, 15) is 0 Å². The van der Waals surface area contributed by atoms with E-state index < -0.39 is 0 Å². The number of aryl methyl sites for hydroxylation is 2. The van der Waals surface area contributed by atoms with E-state index in [4.69, 9.17) is 5.73 Å². The third-order valence-corrected chi connectivity index (χ3v) is 4.28. The van der Waals surface area contributed by atoms with Crippen molar-refractivity contribution in [1.29, 1.82) is 0 Å². The summed E-state index contributed by atoms with van der Waals surface area (Å²) in [5.41, 5.74) is 10.4. The minimum Gasteiger partial charge on any atom is -0.323 e. The van der Waals surface area contributed by atoms with Crippen molar-refractivity contribution in [2.45, 2.75) is 66.0 Å². The summed E-state index contributed by atoms with van der Waals surface area (Å²) in [6.07, 6.45) is 3.68. The molecule has 114 valence electrons. The van der Waals surface area contributed by atoms with Gasteiger partial charge in [0.05, 0.1) is 0 Å². The Balaban J connectivity index is 2.78. The van der Waals surface area contributed by atoms with E-state index in [1.807, 2.05) is 0 Å². The van der Waals surface area contributed by atoms with Crippen molar-refractivity contribution in [3.05, 3.63) is 34.9 Å². The SMILES string of the molecule is CCCCN(CC(N)c1cc(C)ccc1C)C(C)CC. The predicted molar refractivity (Wildman–Crippen MR) is 89.1 cm³/mol. The maximum absolute atomic E-state index is 6.49. The van der Waals surface area contributed by atoms with Gasteiger partial charge in [0.1, 0.15) is 0 Å². The van der Waals surface area contributed by atoms with Gasteiger partial charge in [-0.15, -0.1) is 0 Å². The highest BCUT2D eigenvalue weighted by molar-refractivity contribution is 5.33. The summed E-state index contributed by atoms with van der Waals surface area (Å²) in [6, 6.07) is 7.31. The molecule has 0 saturated heterocycles. The van der Waals surface area contributed by atoms with Crippen LogP contribution < -0.4 is 5.73 Å². The molecule has 2 N–H and O–H groups in total. The van der Waals surface area contributed by atoms with Crippen LogP contribution >= 0.6 is 0 Å². The largest absolute Gasteiger partial charge is 0.323 e. The van der Waals surface area contributed by atoms with Gasteiger partial charge in [0, 0.05) is 18.6 Å². The Labute approximate surface area is 125 Å². The molecule has 0 amide bonds. The van der Waals surface area contributed by atoms with Gasteiger partial charge in [-0.1, -0.05) is 44.0 Å². The number of unbranched alkanes of at least 4 members (excludes halogenated alkanes) is 1. The van der Waals surface area contributed by atoms with Gasteiger partial charge in [-0.25, -0.2) is 0 Å². The molecule has 2 atom stereocenters. The lowest BCUT2D eigenvalue weighted by Gasteiger charge is -2.31. The molecule has 0 aliphatic rings. The van der Waals surface area contributed by atoms with Crippen LogP contribution in [0.25, 0.3) is 0 Å². The van der Waals surface area contributed by atoms with Crippen LogP contribution in [0, 0.1) is 13.8 Å². The third kappa shape index (κ3) is 4.92. The molecule has 0 aliphatic heterocycles. The number of nitrogens with two attached hydrogens (primary N) is 1. The van der Waals surface area contributed by atoms with Gasteiger partial charge >= 0.3 is 0 Å². The number of nitrogens with zero attached hydrogens (tertiary/aromatic N) is 1. The molecule has 2 unspecified atom stereocenters. The number of benzene rings is 1. The van der Waals surface area contributed by atoms with Gasteiger partial charge in [0.25, 0.3) is 0 Å². The molecule has 0 spiro atoms. The zero-order valence-electron chi connectivity index (χ0n) is 13.9. The van der Waals surface area contributed by atoms with Crippen molar-refractivity contribution >= 4 is 0 Å². The summed E-state index contributed by atoms with van der Waals surface area (Å²) in [5, 5.41) is 0. The van der Waals surface area contributed by atoms with Gasteiger partial charge < -0.3 is 5.73 Å². The second-order valence-electron chi connectivity index (χ2n) is 6.07. The van der Waals surface area contributed by atoms with Crippen LogP contribution in [0.1, 0.15) is 62.8 Å². The molecule has 0 saturated carbocycles. The topological polar surface area (TPSA) is 29.3 Å². The van der Waals surface area contributed by atoms with Crippen LogP contribution in [0.15, 0.2) is 18.2 Å². The zero-order chi connectivity index (χ0) is 15.1. The molecule has 2 heteroatoms. The van der Waals surface area contributed by atoms with Gasteiger partial charge in [0.15, 0.2) is 0 Å². The lowest BCUT2D eigenvalue weighted by Crippen LogP contribution is -2.39. The molecular formula is C18H32N2. The van der Waals surface area contributed by atoms with E-state index in [0.29, 0.717) is 6.04 Å². The number of hydrogen-bond acceptors (Lipinski definition) is 2. The summed E-state index contributed by atoms with van der Waals surface area (Å²) in [6.45, 7) is 13.2. The van der Waals surface area contributed by atoms with E-state index in [1.165, 1.54) is 36.0 Å². The van der Waals surface area contributed by atoms with Crippen LogP contribution in [-0.2, 0) is 0 Å².